The number of carbonyl (C=O) groups is 1. The summed E-state index contributed by atoms with van der Waals surface area (Å²) in [6.45, 7) is 0.0878. The van der Waals surface area contributed by atoms with E-state index in [1.165, 1.54) is 0 Å². The lowest BCUT2D eigenvalue weighted by Crippen LogP contribution is -2.23. The van der Waals surface area contributed by atoms with Crippen molar-refractivity contribution in [3.05, 3.63) is 34.9 Å². The predicted octanol–water partition coefficient (Wildman–Crippen LogP) is 1.71. The first-order valence-electron chi connectivity index (χ1n) is 4.90. The van der Waals surface area contributed by atoms with Gasteiger partial charge in [-0.15, -0.1) is 0 Å². The average Bonchev–Trinajstić information content (AvgIpc) is 2.70. The first-order chi connectivity index (χ1) is 7.66. The van der Waals surface area contributed by atoms with E-state index in [4.69, 9.17) is 26.2 Å². The molecular weight excluding hydrogens is 232 g/mol. The molecule has 1 saturated heterocycles. The van der Waals surface area contributed by atoms with Crippen LogP contribution in [0.25, 0.3) is 0 Å². The van der Waals surface area contributed by atoms with Crippen molar-refractivity contribution in [3.63, 3.8) is 0 Å². The van der Waals surface area contributed by atoms with Crippen LogP contribution in [0, 0.1) is 0 Å². The highest BCUT2D eigenvalue weighted by atomic mass is 35.5. The second-order valence-corrected chi connectivity index (χ2v) is 3.93. The Balaban J connectivity index is 1.97. The normalized spacial score (nSPS) is 24.6. The van der Waals surface area contributed by atoms with Crippen LogP contribution < -0.4 is 0 Å². The molecule has 2 rings (SSSR count). The number of hydrogen-bond acceptors (Lipinski definition) is 3. The van der Waals surface area contributed by atoms with Gasteiger partial charge in [0.1, 0.15) is 0 Å². The third kappa shape index (κ3) is 2.52. The smallest absolute Gasteiger partial charge is 0.335 e. The Hall–Kier alpha value is -1.10. The van der Waals surface area contributed by atoms with E-state index in [1.807, 2.05) is 18.2 Å². The quantitative estimate of drug-likeness (QED) is 0.877. The minimum absolute atomic E-state index is 0.0878. The Labute approximate surface area is 97.7 Å². The third-order valence-electron chi connectivity index (χ3n) is 2.37. The van der Waals surface area contributed by atoms with Crippen molar-refractivity contribution >= 4 is 17.6 Å². The summed E-state index contributed by atoms with van der Waals surface area (Å²) in [5, 5.41) is 9.35. The molecular formula is C11H11ClO4. The number of aliphatic carboxylic acids is 1. The van der Waals surface area contributed by atoms with Gasteiger partial charge < -0.3 is 14.6 Å². The molecule has 1 aromatic rings. The minimum Gasteiger partial charge on any atom is -0.479 e. The number of ether oxygens (including phenoxy) is 2. The zero-order valence-electron chi connectivity index (χ0n) is 8.43. The summed E-state index contributed by atoms with van der Waals surface area (Å²) in [4.78, 5) is 10.6. The van der Waals surface area contributed by atoms with Crippen LogP contribution in [-0.2, 0) is 20.7 Å². The van der Waals surface area contributed by atoms with Crippen molar-refractivity contribution in [2.24, 2.45) is 0 Å². The molecule has 1 aliphatic rings. The Morgan fingerprint density at radius 1 is 1.50 bits per heavy atom. The van der Waals surface area contributed by atoms with Crippen molar-refractivity contribution in [2.45, 2.75) is 18.8 Å². The summed E-state index contributed by atoms with van der Waals surface area (Å²) in [5.74, 6) is -0.998. The molecule has 0 bridgehead atoms. The molecule has 2 unspecified atom stereocenters. The number of benzene rings is 1. The van der Waals surface area contributed by atoms with E-state index in [-0.39, 0.29) is 6.61 Å². The summed E-state index contributed by atoms with van der Waals surface area (Å²) < 4.78 is 10.4. The van der Waals surface area contributed by atoms with E-state index < -0.39 is 18.4 Å². The molecule has 1 heterocycles. The van der Waals surface area contributed by atoms with Crippen molar-refractivity contribution in [2.75, 3.05) is 6.61 Å². The monoisotopic (exact) mass is 242 g/mol. The van der Waals surface area contributed by atoms with Crippen molar-refractivity contribution in [3.8, 4) is 0 Å². The van der Waals surface area contributed by atoms with Gasteiger partial charge in [0.2, 0.25) is 0 Å². The SMILES string of the molecule is O=C(O)C1COC(Cc2ccccc2Cl)O1. The molecule has 0 aromatic heterocycles. The van der Waals surface area contributed by atoms with Crippen molar-refractivity contribution < 1.29 is 19.4 Å². The number of carboxylic acid groups (broad SMARTS) is 1. The van der Waals surface area contributed by atoms with Gasteiger partial charge in [0.15, 0.2) is 12.4 Å². The molecule has 0 amide bonds. The van der Waals surface area contributed by atoms with Gasteiger partial charge in [-0.2, -0.15) is 0 Å². The molecule has 5 heteroatoms. The Kier molecular flexibility index (Phi) is 3.43. The molecule has 2 atom stereocenters. The molecule has 1 N–H and O–H groups in total. The Morgan fingerprint density at radius 3 is 2.88 bits per heavy atom. The number of halogens is 1. The Bertz CT molecular complexity index is 393. The van der Waals surface area contributed by atoms with Crippen LogP contribution in [0.5, 0.6) is 0 Å². The van der Waals surface area contributed by atoms with E-state index in [9.17, 15) is 4.79 Å². The van der Waals surface area contributed by atoms with E-state index in [2.05, 4.69) is 0 Å². The maximum Gasteiger partial charge on any atom is 0.335 e. The van der Waals surface area contributed by atoms with Gasteiger partial charge in [-0.25, -0.2) is 4.79 Å². The number of rotatable bonds is 3. The standard InChI is InChI=1S/C11H11ClO4/c12-8-4-2-1-3-7(8)5-10-15-6-9(16-10)11(13)14/h1-4,9-10H,5-6H2,(H,13,14). The molecule has 86 valence electrons. The number of hydrogen-bond donors (Lipinski definition) is 1. The van der Waals surface area contributed by atoms with Crippen LogP contribution in [0.3, 0.4) is 0 Å². The summed E-state index contributed by atoms with van der Waals surface area (Å²) in [5.41, 5.74) is 0.889. The number of carboxylic acids is 1. The van der Waals surface area contributed by atoms with Crippen molar-refractivity contribution in [1.29, 1.82) is 0 Å². The lowest BCUT2D eigenvalue weighted by atomic mass is 10.1. The second kappa shape index (κ2) is 4.82. The van der Waals surface area contributed by atoms with Gasteiger partial charge in [0.05, 0.1) is 6.61 Å². The lowest BCUT2D eigenvalue weighted by molar-refractivity contribution is -0.150. The van der Waals surface area contributed by atoms with Gasteiger partial charge >= 0.3 is 5.97 Å². The van der Waals surface area contributed by atoms with E-state index >= 15 is 0 Å². The minimum atomic E-state index is -0.998. The van der Waals surface area contributed by atoms with E-state index in [0.717, 1.165) is 5.56 Å². The van der Waals surface area contributed by atoms with Crippen LogP contribution in [0.1, 0.15) is 5.56 Å². The topological polar surface area (TPSA) is 55.8 Å². The average molecular weight is 243 g/mol. The molecule has 0 aliphatic carbocycles. The highest BCUT2D eigenvalue weighted by molar-refractivity contribution is 6.31. The van der Waals surface area contributed by atoms with Gasteiger partial charge in [0.25, 0.3) is 0 Å². The highest BCUT2D eigenvalue weighted by Gasteiger charge is 2.31. The molecule has 1 fully saturated rings. The van der Waals surface area contributed by atoms with Crippen LogP contribution in [-0.4, -0.2) is 30.1 Å². The fourth-order valence-corrected chi connectivity index (χ4v) is 1.75. The molecule has 16 heavy (non-hydrogen) atoms. The molecule has 1 aliphatic heterocycles. The maximum atomic E-state index is 10.6. The zero-order chi connectivity index (χ0) is 11.5. The first kappa shape index (κ1) is 11.4. The molecule has 0 radical (unpaired) electrons. The van der Waals surface area contributed by atoms with Gasteiger partial charge in [-0.3, -0.25) is 0 Å². The maximum absolute atomic E-state index is 10.6. The van der Waals surface area contributed by atoms with Gasteiger partial charge in [-0.1, -0.05) is 29.8 Å². The first-order valence-corrected chi connectivity index (χ1v) is 5.28. The molecule has 4 nitrogen and oxygen atoms in total. The second-order valence-electron chi connectivity index (χ2n) is 3.52. The van der Waals surface area contributed by atoms with Crippen LogP contribution in [0.2, 0.25) is 5.02 Å². The van der Waals surface area contributed by atoms with Crippen LogP contribution in [0.15, 0.2) is 24.3 Å². The van der Waals surface area contributed by atoms with Gasteiger partial charge in [0, 0.05) is 11.4 Å². The zero-order valence-corrected chi connectivity index (χ0v) is 9.18. The summed E-state index contributed by atoms with van der Waals surface area (Å²) in [6, 6.07) is 7.34. The summed E-state index contributed by atoms with van der Waals surface area (Å²) in [6.07, 6.45) is -0.933. The third-order valence-corrected chi connectivity index (χ3v) is 2.74. The lowest BCUT2D eigenvalue weighted by Gasteiger charge is -2.10. The fourth-order valence-electron chi connectivity index (χ4n) is 1.54. The summed E-state index contributed by atoms with van der Waals surface area (Å²) >= 11 is 5.97. The van der Waals surface area contributed by atoms with Gasteiger partial charge in [-0.05, 0) is 11.6 Å². The van der Waals surface area contributed by atoms with E-state index in [0.29, 0.717) is 11.4 Å². The largest absolute Gasteiger partial charge is 0.479 e. The molecule has 0 saturated carbocycles. The van der Waals surface area contributed by atoms with Crippen LogP contribution in [0.4, 0.5) is 0 Å². The van der Waals surface area contributed by atoms with E-state index in [1.54, 1.807) is 6.07 Å². The summed E-state index contributed by atoms with van der Waals surface area (Å²) in [7, 11) is 0. The molecule has 0 spiro atoms. The van der Waals surface area contributed by atoms with Crippen molar-refractivity contribution in [1.82, 2.24) is 0 Å². The molecule has 1 aromatic carbocycles. The Morgan fingerprint density at radius 2 is 2.25 bits per heavy atom. The highest BCUT2D eigenvalue weighted by Crippen LogP contribution is 2.21. The predicted molar refractivity (Wildman–Crippen MR) is 57.4 cm³/mol. The fraction of sp³-hybridized carbons (Fsp3) is 0.364. The van der Waals surface area contributed by atoms with Crippen LogP contribution >= 0.6 is 11.6 Å².